The van der Waals surface area contributed by atoms with Gasteiger partial charge >= 0.3 is 12.1 Å². The van der Waals surface area contributed by atoms with Crippen LogP contribution in [-0.4, -0.2) is 78.1 Å². The molecule has 60 heavy (non-hydrogen) atoms. The topological polar surface area (TPSA) is 197 Å². The van der Waals surface area contributed by atoms with E-state index in [1.54, 1.807) is 6.41 Å². The molecular weight excluding hydrogens is 916 g/mol. The summed E-state index contributed by atoms with van der Waals surface area (Å²) in [6.07, 6.45) is 18.5. The number of amides is 5. The number of unbranched alkanes of at least 4 members (excludes halogenated alkanes) is 5. The van der Waals surface area contributed by atoms with E-state index < -0.39 is 6.04 Å². The predicted molar refractivity (Wildman–Crippen MR) is 235 cm³/mol. The van der Waals surface area contributed by atoms with Crippen molar-refractivity contribution in [2.45, 2.75) is 221 Å². The van der Waals surface area contributed by atoms with Crippen molar-refractivity contribution in [1.29, 1.82) is 0 Å². The fraction of sp³-hybridized carbons (Fsp3) is 0.778. The molecule has 346 valence electrons. The van der Waals surface area contributed by atoms with Crippen molar-refractivity contribution in [3.63, 3.8) is 0 Å². The number of hydrogen-bond acceptors (Lipinski definition) is 8. The van der Waals surface area contributed by atoms with Crippen LogP contribution < -0.4 is 26.6 Å². The Morgan fingerprint density at radius 2 is 0.967 bits per heavy atom. The second-order valence-electron chi connectivity index (χ2n) is 15.1. The normalized spacial score (nSPS) is 12.8. The van der Waals surface area contributed by atoms with Gasteiger partial charge in [0, 0.05) is 108 Å². The van der Waals surface area contributed by atoms with Crippen molar-refractivity contribution in [3.8, 4) is 0 Å². The van der Waals surface area contributed by atoms with Gasteiger partial charge in [-0.1, -0.05) is 72.6 Å². The number of urea groups is 2. The van der Waals surface area contributed by atoms with Gasteiger partial charge in [-0.3, -0.25) is 11.1 Å². The van der Waals surface area contributed by atoms with Gasteiger partial charge in [0.15, 0.2) is 5.78 Å². The molecule has 15 heteroatoms. The summed E-state index contributed by atoms with van der Waals surface area (Å²) in [5, 5.41) is 14.2. The Balaban J connectivity index is -0.000000178. The van der Waals surface area contributed by atoms with Crippen LogP contribution in [0.2, 0.25) is 0 Å². The third-order valence-electron chi connectivity index (χ3n) is 9.04. The van der Waals surface area contributed by atoms with Gasteiger partial charge in [-0.25, -0.2) is 9.59 Å². The number of rotatable bonds is 30. The minimum Gasteiger partial charge on any atom is -0.542 e. The first-order chi connectivity index (χ1) is 27.4. The first kappa shape index (κ1) is 70.2. The smallest absolute Gasteiger partial charge is 0.315 e. The molecule has 0 saturated heterocycles. The monoisotopic (exact) mass is 999 g/mol. The van der Waals surface area contributed by atoms with Gasteiger partial charge in [0.2, 0.25) is 0 Å². The van der Waals surface area contributed by atoms with E-state index in [9.17, 15) is 38.4 Å². The fourth-order valence-electron chi connectivity index (χ4n) is 5.58. The van der Waals surface area contributed by atoms with Crippen molar-refractivity contribution in [3.05, 3.63) is 13.8 Å². The Hall–Kier alpha value is -1.43. The van der Waals surface area contributed by atoms with Crippen LogP contribution in [0.15, 0.2) is 0 Å². The SMILES string of the molecule is CCCC(C)NC(=O)NC(C)CCCCCC(=O)C(CC)N[C-]=O.CCCC(C)NC(=O)NC(C)CCCCC[C-]=O.[CH2-]CC(=O)C(CC)CC(C)=O.[CH2-]CC(C)=O.[Y].[Y]. The summed E-state index contributed by atoms with van der Waals surface area (Å²) in [7, 11) is 0. The van der Waals surface area contributed by atoms with Crippen LogP contribution in [0.5, 0.6) is 0 Å². The van der Waals surface area contributed by atoms with Gasteiger partial charge in [0.05, 0.1) is 11.8 Å². The quantitative estimate of drug-likeness (QED) is 0.0269. The maximum absolute atomic E-state index is 11.9. The largest absolute Gasteiger partial charge is 0.542 e. The van der Waals surface area contributed by atoms with E-state index in [1.807, 2.05) is 47.8 Å². The fourth-order valence-corrected chi connectivity index (χ4v) is 5.58. The number of carbonyl (C=O) groups is 6. The molecule has 0 rings (SSSR count). The zero-order chi connectivity index (χ0) is 45.3. The molecule has 6 atom stereocenters. The van der Waals surface area contributed by atoms with Crippen molar-refractivity contribution in [1.82, 2.24) is 26.6 Å². The molecule has 2 radical (unpaired) electrons. The van der Waals surface area contributed by atoms with Gasteiger partial charge in [-0.15, -0.1) is 12.8 Å². The van der Waals surface area contributed by atoms with Crippen molar-refractivity contribution in [2.24, 2.45) is 5.92 Å². The Bertz CT molecular complexity index is 1120. The summed E-state index contributed by atoms with van der Waals surface area (Å²) < 4.78 is 0. The van der Waals surface area contributed by atoms with Crippen LogP contribution in [0, 0.1) is 19.8 Å². The summed E-state index contributed by atoms with van der Waals surface area (Å²) in [5.41, 5.74) is 0. The molecule has 5 amide bonds. The molecule has 0 fully saturated rings. The van der Waals surface area contributed by atoms with Crippen molar-refractivity contribution in [2.75, 3.05) is 0 Å². The molecule has 0 aromatic heterocycles. The molecule has 0 aliphatic carbocycles. The third kappa shape index (κ3) is 50.9. The molecule has 0 aromatic carbocycles. The molecule has 0 bridgehead atoms. The molecule has 0 heterocycles. The van der Waals surface area contributed by atoms with E-state index in [1.165, 1.54) is 13.8 Å². The maximum Gasteiger partial charge on any atom is 0.315 e. The second-order valence-corrected chi connectivity index (χ2v) is 15.1. The Morgan fingerprint density at radius 3 is 1.28 bits per heavy atom. The molecule has 6 unspecified atom stereocenters. The molecule has 5 N–H and O–H groups in total. The van der Waals surface area contributed by atoms with E-state index in [-0.39, 0.29) is 131 Å². The van der Waals surface area contributed by atoms with Gasteiger partial charge in [-0.2, -0.15) is 12.8 Å². The van der Waals surface area contributed by atoms with Crippen molar-refractivity contribution < 1.29 is 104 Å². The van der Waals surface area contributed by atoms with Crippen molar-refractivity contribution >= 4 is 47.9 Å². The minimum atomic E-state index is -0.406. The Morgan fingerprint density at radius 1 is 0.550 bits per heavy atom. The van der Waals surface area contributed by atoms with Crippen LogP contribution in [0.1, 0.15) is 191 Å². The van der Waals surface area contributed by atoms with E-state index in [2.05, 4.69) is 54.3 Å². The summed E-state index contributed by atoms with van der Waals surface area (Å²) in [6, 6.07) is 0.118. The van der Waals surface area contributed by atoms with E-state index in [0.717, 1.165) is 83.5 Å². The van der Waals surface area contributed by atoms with Gasteiger partial charge in [0.25, 0.3) is 0 Å². The number of carbonyl (C=O) groups excluding carboxylic acids is 8. The molecule has 0 aliphatic rings. The Kier molecular flexibility index (Phi) is 58.8. The van der Waals surface area contributed by atoms with Crippen LogP contribution in [-0.2, 0) is 94.2 Å². The predicted octanol–water partition coefficient (Wildman–Crippen LogP) is 8.32. The first-order valence-electron chi connectivity index (χ1n) is 21.7. The van der Waals surface area contributed by atoms with Gasteiger partial charge in [0.1, 0.15) is 11.6 Å². The summed E-state index contributed by atoms with van der Waals surface area (Å²) in [5.74, 6) is 0.299. The minimum absolute atomic E-state index is 0. The standard InChI is InChI=1S/C18H34N3O3.C14H27N2O2.C9H15O2.C4H7O.2Y/c1-5-10-14(3)20-18(24)21-15(4)11-8-7-9-12-17(23)16(6-2)19-13-22;1-4-9-12(2)15-14(18)16-13(3)10-7-5-6-8-11-17;1-4-8(6-7(3)10)9(11)5-2;1-3-4(2)5;;/h14-16H,5-12H2,1-4H3,(H,19,22)(H2,20,21,24);12-13H,4-10H2,1-3H3,(H2,15,16,18);8H,2,4-6H2,1,3H3;1,3H2,2H3;;/q4*-1;;. The summed E-state index contributed by atoms with van der Waals surface area (Å²) in [4.78, 5) is 87.0. The van der Waals surface area contributed by atoms with Crippen LogP contribution >= 0.6 is 0 Å². The van der Waals surface area contributed by atoms with E-state index in [0.29, 0.717) is 38.5 Å². The second kappa shape index (κ2) is 50.2. The molecule has 0 spiro atoms. The molecule has 13 nitrogen and oxygen atoms in total. The van der Waals surface area contributed by atoms with E-state index in [4.69, 9.17) is 0 Å². The van der Waals surface area contributed by atoms with E-state index >= 15 is 0 Å². The number of hydrogen-bond donors (Lipinski definition) is 5. The first-order valence-corrected chi connectivity index (χ1v) is 21.7. The Labute approximate surface area is 416 Å². The molecule has 0 aromatic rings. The number of nitrogens with one attached hydrogen (secondary N) is 5. The maximum atomic E-state index is 11.9. The average molecular weight is 1000 g/mol. The molecular formula is C45H83N5O8Y2-4. The zero-order valence-electron chi connectivity index (χ0n) is 39.2. The molecule has 0 saturated carbocycles. The summed E-state index contributed by atoms with van der Waals surface area (Å²) >= 11 is 0. The average Bonchev–Trinajstić information content (AvgIpc) is 3.15. The zero-order valence-corrected chi connectivity index (χ0v) is 44.9. The van der Waals surface area contributed by atoms with Crippen LogP contribution in [0.3, 0.4) is 0 Å². The molecule has 0 aliphatic heterocycles. The van der Waals surface area contributed by atoms with Gasteiger partial charge in [-0.05, 0) is 86.5 Å². The number of Topliss-reactive ketones (excluding diaryl/α,β-unsaturated/α-hetero) is 4. The third-order valence-corrected chi connectivity index (χ3v) is 9.04. The van der Waals surface area contributed by atoms with Crippen LogP contribution in [0.4, 0.5) is 9.59 Å². The number of ketones is 4. The summed E-state index contributed by atoms with van der Waals surface area (Å²) in [6.45, 7) is 25.9. The van der Waals surface area contributed by atoms with Crippen LogP contribution in [0.25, 0.3) is 0 Å². The van der Waals surface area contributed by atoms with Gasteiger partial charge < -0.3 is 64.4 Å².